The first-order valence-corrected chi connectivity index (χ1v) is 3.87. The van der Waals surface area contributed by atoms with Gasteiger partial charge in [0, 0.05) is 0 Å². The van der Waals surface area contributed by atoms with Crippen LogP contribution in [0.15, 0.2) is 12.7 Å². The van der Waals surface area contributed by atoms with Gasteiger partial charge >= 0.3 is 0 Å². The van der Waals surface area contributed by atoms with E-state index in [2.05, 4.69) is 11.9 Å². The summed E-state index contributed by atoms with van der Waals surface area (Å²) < 4.78 is 0. The van der Waals surface area contributed by atoms with Gasteiger partial charge in [-0.2, -0.15) is 0 Å². The van der Waals surface area contributed by atoms with Crippen molar-refractivity contribution in [1.82, 2.24) is 5.32 Å². The highest BCUT2D eigenvalue weighted by atomic mass is 16.1. The van der Waals surface area contributed by atoms with Crippen LogP contribution in [0, 0.1) is 0 Å². The van der Waals surface area contributed by atoms with Crippen LogP contribution in [0.1, 0.15) is 26.7 Å². The van der Waals surface area contributed by atoms with Gasteiger partial charge in [0.05, 0.1) is 5.54 Å². The monoisotopic (exact) mass is 155 g/mol. The smallest absolute Gasteiger partial charge is 0.149 e. The number of allylic oxidation sites excluding steroid dienone is 1. The van der Waals surface area contributed by atoms with Gasteiger partial charge in [-0.1, -0.05) is 6.08 Å². The van der Waals surface area contributed by atoms with E-state index in [-0.39, 0.29) is 11.3 Å². The second kappa shape index (κ2) is 4.29. The van der Waals surface area contributed by atoms with Crippen molar-refractivity contribution < 1.29 is 4.79 Å². The Morgan fingerprint density at radius 2 is 2.27 bits per heavy atom. The predicted molar refractivity (Wildman–Crippen MR) is 47.6 cm³/mol. The van der Waals surface area contributed by atoms with Gasteiger partial charge in [0.2, 0.25) is 0 Å². The lowest BCUT2D eigenvalue weighted by atomic mass is 9.92. The van der Waals surface area contributed by atoms with E-state index in [1.165, 1.54) is 0 Å². The van der Waals surface area contributed by atoms with Crippen LogP contribution in [-0.2, 0) is 4.79 Å². The van der Waals surface area contributed by atoms with Gasteiger partial charge in [0.25, 0.3) is 0 Å². The molecule has 0 aliphatic carbocycles. The fourth-order valence-electron chi connectivity index (χ4n) is 0.868. The molecule has 0 spiro atoms. The Balaban J connectivity index is 4.09. The maximum absolute atomic E-state index is 11.1. The van der Waals surface area contributed by atoms with Gasteiger partial charge in [-0.25, -0.2) is 0 Å². The van der Waals surface area contributed by atoms with Crippen LogP contribution >= 0.6 is 0 Å². The number of ketones is 1. The van der Waals surface area contributed by atoms with Crippen LogP contribution in [-0.4, -0.2) is 18.4 Å². The van der Waals surface area contributed by atoms with E-state index in [0.29, 0.717) is 0 Å². The second-order valence-electron chi connectivity index (χ2n) is 2.97. The average molecular weight is 155 g/mol. The Morgan fingerprint density at radius 3 is 2.55 bits per heavy atom. The fraction of sp³-hybridized carbons (Fsp3) is 0.667. The molecule has 1 N–H and O–H groups in total. The van der Waals surface area contributed by atoms with E-state index in [9.17, 15) is 4.79 Å². The van der Waals surface area contributed by atoms with Gasteiger partial charge in [0.1, 0.15) is 5.78 Å². The number of carbonyl (C=O) groups is 1. The summed E-state index contributed by atoms with van der Waals surface area (Å²) in [5, 5.41) is 3.02. The molecule has 64 valence electrons. The molecule has 0 bridgehead atoms. The van der Waals surface area contributed by atoms with Crippen LogP contribution in [0.5, 0.6) is 0 Å². The molecule has 0 aromatic carbocycles. The quantitative estimate of drug-likeness (QED) is 0.610. The Labute approximate surface area is 68.7 Å². The highest BCUT2D eigenvalue weighted by Crippen LogP contribution is 2.12. The maximum Gasteiger partial charge on any atom is 0.149 e. The Bertz CT molecular complexity index is 154. The lowest BCUT2D eigenvalue weighted by molar-refractivity contribution is -0.122. The molecular weight excluding hydrogens is 138 g/mol. The molecule has 0 amide bonds. The number of nitrogens with one attached hydrogen (secondary N) is 1. The molecule has 0 aromatic heterocycles. The maximum atomic E-state index is 11.1. The number of likely N-dealkylation sites (N-methyl/N-ethyl adjacent to an activating group) is 1. The summed E-state index contributed by atoms with van der Waals surface area (Å²) >= 11 is 0. The van der Waals surface area contributed by atoms with Crippen molar-refractivity contribution in [2.45, 2.75) is 32.2 Å². The van der Waals surface area contributed by atoms with Crippen molar-refractivity contribution in [2.75, 3.05) is 7.05 Å². The van der Waals surface area contributed by atoms with E-state index in [1.807, 2.05) is 20.0 Å². The third-order valence-electron chi connectivity index (χ3n) is 2.18. The molecule has 2 heteroatoms. The zero-order valence-electron chi connectivity index (χ0n) is 7.61. The molecule has 0 radical (unpaired) electrons. The first-order valence-electron chi connectivity index (χ1n) is 3.87. The lowest BCUT2D eigenvalue weighted by Gasteiger charge is -2.25. The van der Waals surface area contributed by atoms with E-state index in [0.717, 1.165) is 12.8 Å². The van der Waals surface area contributed by atoms with Crippen LogP contribution in [0.25, 0.3) is 0 Å². The van der Waals surface area contributed by atoms with E-state index in [1.54, 1.807) is 6.92 Å². The molecule has 0 heterocycles. The van der Waals surface area contributed by atoms with Crippen LogP contribution < -0.4 is 5.32 Å². The molecule has 1 atom stereocenters. The Hall–Kier alpha value is -0.630. The van der Waals surface area contributed by atoms with E-state index >= 15 is 0 Å². The third kappa shape index (κ3) is 2.85. The van der Waals surface area contributed by atoms with Crippen molar-refractivity contribution in [3.8, 4) is 0 Å². The topological polar surface area (TPSA) is 29.1 Å². The van der Waals surface area contributed by atoms with Crippen molar-refractivity contribution in [3.63, 3.8) is 0 Å². The van der Waals surface area contributed by atoms with Gasteiger partial charge in [0.15, 0.2) is 0 Å². The molecule has 2 nitrogen and oxygen atoms in total. The van der Waals surface area contributed by atoms with Crippen LogP contribution in [0.4, 0.5) is 0 Å². The minimum atomic E-state index is -0.367. The third-order valence-corrected chi connectivity index (χ3v) is 2.18. The van der Waals surface area contributed by atoms with Gasteiger partial charge in [-0.05, 0) is 33.7 Å². The summed E-state index contributed by atoms with van der Waals surface area (Å²) in [5.41, 5.74) is -0.367. The van der Waals surface area contributed by atoms with Crippen molar-refractivity contribution >= 4 is 5.78 Å². The zero-order chi connectivity index (χ0) is 8.91. The number of rotatable bonds is 5. The second-order valence-corrected chi connectivity index (χ2v) is 2.97. The summed E-state index contributed by atoms with van der Waals surface area (Å²) in [6, 6.07) is 0. The average Bonchev–Trinajstić information content (AvgIpc) is 2.00. The molecule has 0 unspecified atom stereocenters. The number of hydrogen-bond donors (Lipinski definition) is 1. The summed E-state index contributed by atoms with van der Waals surface area (Å²) in [7, 11) is 1.81. The van der Waals surface area contributed by atoms with Crippen molar-refractivity contribution in [2.24, 2.45) is 0 Å². The molecular formula is C9H17NO. The molecule has 0 fully saturated rings. The molecule has 0 aliphatic heterocycles. The predicted octanol–water partition coefficient (Wildman–Crippen LogP) is 1.52. The molecule has 0 rings (SSSR count). The first kappa shape index (κ1) is 10.4. The fourth-order valence-corrected chi connectivity index (χ4v) is 0.868. The largest absolute Gasteiger partial charge is 0.308 e. The van der Waals surface area contributed by atoms with Crippen LogP contribution in [0.2, 0.25) is 0 Å². The van der Waals surface area contributed by atoms with Gasteiger partial charge in [-0.3, -0.25) is 4.79 Å². The highest BCUT2D eigenvalue weighted by Gasteiger charge is 2.25. The first-order chi connectivity index (χ1) is 5.06. The molecule has 11 heavy (non-hydrogen) atoms. The van der Waals surface area contributed by atoms with Crippen LogP contribution in [0.3, 0.4) is 0 Å². The molecule has 0 aliphatic rings. The number of Topliss-reactive ketones (excluding diaryl/α,β-unsaturated/α-hetero) is 1. The molecule has 0 saturated heterocycles. The summed E-state index contributed by atoms with van der Waals surface area (Å²) in [5.74, 6) is 0.182. The number of hydrogen-bond acceptors (Lipinski definition) is 2. The van der Waals surface area contributed by atoms with E-state index < -0.39 is 0 Å². The molecule has 0 aromatic rings. The minimum Gasteiger partial charge on any atom is -0.308 e. The number of carbonyl (C=O) groups excluding carboxylic acids is 1. The standard InChI is InChI=1S/C9H17NO/c1-5-6-7-9(3,10-4)8(2)11/h5,10H,1,6-7H2,2-4H3/t9-/m0/s1. The normalized spacial score (nSPS) is 15.5. The molecule has 0 saturated carbocycles. The zero-order valence-corrected chi connectivity index (χ0v) is 7.61. The summed E-state index contributed by atoms with van der Waals surface area (Å²) in [6.07, 6.45) is 3.53. The summed E-state index contributed by atoms with van der Waals surface area (Å²) in [6.45, 7) is 7.14. The minimum absolute atomic E-state index is 0.182. The summed E-state index contributed by atoms with van der Waals surface area (Å²) in [4.78, 5) is 11.1. The van der Waals surface area contributed by atoms with Crippen molar-refractivity contribution in [3.05, 3.63) is 12.7 Å². The van der Waals surface area contributed by atoms with E-state index in [4.69, 9.17) is 0 Å². The Morgan fingerprint density at radius 1 is 1.73 bits per heavy atom. The van der Waals surface area contributed by atoms with Gasteiger partial charge < -0.3 is 5.32 Å². The van der Waals surface area contributed by atoms with Crippen molar-refractivity contribution in [1.29, 1.82) is 0 Å². The highest BCUT2D eigenvalue weighted by molar-refractivity contribution is 5.85. The van der Waals surface area contributed by atoms with Gasteiger partial charge in [-0.15, -0.1) is 6.58 Å². The Kier molecular flexibility index (Phi) is 4.04. The SMILES string of the molecule is C=CCC[C@](C)(NC)C(C)=O. The lowest BCUT2D eigenvalue weighted by Crippen LogP contribution is -2.46.